The molecular weight excluding hydrogens is 286 g/mol. The number of hydrogen-bond donors (Lipinski definition) is 2. The Morgan fingerprint density at radius 2 is 2.00 bits per heavy atom. The molecule has 0 amide bonds. The standard InChI is InChI=1S/C15H25N3O2S/c1-13(11-18-8-3-2-4-9-18)17-21(19,20)12-14-6-5-7-15(16)10-14/h5-7,10,13,17H,2-4,8-9,11-12,16H2,1H3. The van der Waals surface area contributed by atoms with Crippen molar-refractivity contribution in [1.82, 2.24) is 9.62 Å². The number of nitrogens with zero attached hydrogens (tertiary/aromatic N) is 1. The highest BCUT2D eigenvalue weighted by molar-refractivity contribution is 7.88. The fourth-order valence-corrected chi connectivity index (χ4v) is 4.21. The van der Waals surface area contributed by atoms with Gasteiger partial charge in [0.1, 0.15) is 0 Å². The molecule has 0 saturated carbocycles. The Morgan fingerprint density at radius 1 is 1.29 bits per heavy atom. The van der Waals surface area contributed by atoms with Crippen LogP contribution in [-0.4, -0.2) is 39.0 Å². The van der Waals surface area contributed by atoms with Crippen LogP contribution in [0.15, 0.2) is 24.3 Å². The van der Waals surface area contributed by atoms with Gasteiger partial charge in [0, 0.05) is 18.3 Å². The third-order valence-electron chi connectivity index (χ3n) is 3.67. The molecule has 1 saturated heterocycles. The van der Waals surface area contributed by atoms with E-state index in [2.05, 4.69) is 9.62 Å². The first-order chi connectivity index (χ1) is 9.94. The van der Waals surface area contributed by atoms with Crippen molar-refractivity contribution in [3.63, 3.8) is 0 Å². The van der Waals surface area contributed by atoms with Gasteiger partial charge in [0.15, 0.2) is 0 Å². The average Bonchev–Trinajstić information content (AvgIpc) is 2.38. The van der Waals surface area contributed by atoms with E-state index in [9.17, 15) is 8.42 Å². The number of anilines is 1. The van der Waals surface area contributed by atoms with E-state index in [0.717, 1.165) is 19.6 Å². The molecule has 1 aliphatic heterocycles. The Kier molecular flexibility index (Phi) is 5.61. The van der Waals surface area contributed by atoms with Crippen LogP contribution in [0, 0.1) is 0 Å². The number of nitrogens with one attached hydrogen (secondary N) is 1. The van der Waals surface area contributed by atoms with Crippen molar-refractivity contribution in [2.24, 2.45) is 0 Å². The third-order valence-corrected chi connectivity index (χ3v) is 5.14. The number of benzene rings is 1. The zero-order chi connectivity index (χ0) is 15.3. The van der Waals surface area contributed by atoms with Crippen LogP contribution in [0.5, 0.6) is 0 Å². The molecule has 0 spiro atoms. The van der Waals surface area contributed by atoms with E-state index in [-0.39, 0.29) is 11.8 Å². The summed E-state index contributed by atoms with van der Waals surface area (Å²) in [6, 6.07) is 6.94. The maximum Gasteiger partial charge on any atom is 0.216 e. The largest absolute Gasteiger partial charge is 0.399 e. The summed E-state index contributed by atoms with van der Waals surface area (Å²) >= 11 is 0. The zero-order valence-corrected chi connectivity index (χ0v) is 13.4. The molecule has 0 bridgehead atoms. The predicted octanol–water partition coefficient (Wildman–Crippen LogP) is 1.56. The molecule has 1 fully saturated rings. The number of piperidine rings is 1. The molecule has 1 aromatic carbocycles. The molecule has 3 N–H and O–H groups in total. The van der Waals surface area contributed by atoms with Crippen LogP contribution < -0.4 is 10.5 Å². The van der Waals surface area contributed by atoms with E-state index >= 15 is 0 Å². The quantitative estimate of drug-likeness (QED) is 0.782. The fourth-order valence-electron chi connectivity index (χ4n) is 2.82. The summed E-state index contributed by atoms with van der Waals surface area (Å²) in [6.07, 6.45) is 3.71. The smallest absolute Gasteiger partial charge is 0.216 e. The van der Waals surface area contributed by atoms with Gasteiger partial charge in [-0.2, -0.15) is 0 Å². The Morgan fingerprint density at radius 3 is 2.67 bits per heavy atom. The molecule has 0 radical (unpaired) electrons. The van der Waals surface area contributed by atoms with Gasteiger partial charge >= 0.3 is 0 Å². The molecule has 1 aliphatic rings. The normalized spacial score (nSPS) is 18.5. The average molecular weight is 311 g/mol. The number of sulfonamides is 1. The molecule has 2 rings (SSSR count). The van der Waals surface area contributed by atoms with Gasteiger partial charge in [-0.15, -0.1) is 0 Å². The van der Waals surface area contributed by atoms with E-state index in [1.165, 1.54) is 19.3 Å². The molecule has 1 unspecified atom stereocenters. The summed E-state index contributed by atoms with van der Waals surface area (Å²) < 4.78 is 27.1. The second-order valence-corrected chi connectivity index (χ2v) is 7.64. The number of hydrogen-bond acceptors (Lipinski definition) is 4. The minimum atomic E-state index is -3.33. The van der Waals surface area contributed by atoms with Crippen LogP contribution in [0.25, 0.3) is 0 Å². The highest BCUT2D eigenvalue weighted by Crippen LogP contribution is 2.11. The lowest BCUT2D eigenvalue weighted by molar-refractivity contribution is 0.215. The summed E-state index contributed by atoms with van der Waals surface area (Å²) in [5.74, 6) is -0.0254. The lowest BCUT2D eigenvalue weighted by atomic mass is 10.1. The second kappa shape index (κ2) is 7.24. The Balaban J connectivity index is 1.87. The van der Waals surface area contributed by atoms with Crippen LogP contribution in [0.2, 0.25) is 0 Å². The van der Waals surface area contributed by atoms with Crippen molar-refractivity contribution >= 4 is 15.7 Å². The molecular formula is C15H25N3O2S. The number of nitrogens with two attached hydrogens (primary N) is 1. The summed E-state index contributed by atoms with van der Waals surface area (Å²) in [5.41, 5.74) is 6.98. The SMILES string of the molecule is CC(CN1CCCCC1)NS(=O)(=O)Cc1cccc(N)c1. The summed E-state index contributed by atoms with van der Waals surface area (Å²) in [7, 11) is -3.33. The minimum absolute atomic E-state index is 0.0254. The lowest BCUT2D eigenvalue weighted by Gasteiger charge is -2.29. The van der Waals surface area contributed by atoms with Gasteiger partial charge in [-0.1, -0.05) is 18.6 Å². The van der Waals surface area contributed by atoms with Gasteiger partial charge in [0.05, 0.1) is 5.75 Å². The molecule has 1 heterocycles. The molecule has 5 nitrogen and oxygen atoms in total. The van der Waals surface area contributed by atoms with Crippen molar-refractivity contribution in [3.05, 3.63) is 29.8 Å². The Hall–Kier alpha value is -1.11. The summed E-state index contributed by atoms with van der Waals surface area (Å²) in [5, 5.41) is 0. The van der Waals surface area contributed by atoms with Crippen LogP contribution in [0.4, 0.5) is 5.69 Å². The van der Waals surface area contributed by atoms with Gasteiger partial charge in [-0.3, -0.25) is 0 Å². The van der Waals surface area contributed by atoms with E-state index in [0.29, 0.717) is 11.3 Å². The molecule has 0 aromatic heterocycles. The molecule has 1 aromatic rings. The van der Waals surface area contributed by atoms with Crippen LogP contribution in [-0.2, 0) is 15.8 Å². The Labute approximate surface area is 127 Å². The monoisotopic (exact) mass is 311 g/mol. The van der Waals surface area contributed by atoms with Crippen molar-refractivity contribution < 1.29 is 8.42 Å². The van der Waals surface area contributed by atoms with Gasteiger partial charge in [-0.25, -0.2) is 13.1 Å². The van der Waals surface area contributed by atoms with Crippen molar-refractivity contribution in [2.75, 3.05) is 25.4 Å². The molecule has 21 heavy (non-hydrogen) atoms. The van der Waals surface area contributed by atoms with Crippen molar-refractivity contribution in [2.45, 2.75) is 38.0 Å². The maximum absolute atomic E-state index is 12.2. The summed E-state index contributed by atoms with van der Waals surface area (Å²) in [6.45, 7) is 4.84. The molecule has 1 atom stereocenters. The first-order valence-corrected chi connectivity index (χ1v) is 9.16. The van der Waals surface area contributed by atoms with E-state index in [4.69, 9.17) is 5.73 Å². The fraction of sp³-hybridized carbons (Fsp3) is 0.600. The maximum atomic E-state index is 12.2. The topological polar surface area (TPSA) is 75.4 Å². The summed E-state index contributed by atoms with van der Waals surface area (Å²) in [4.78, 5) is 2.33. The molecule has 118 valence electrons. The van der Waals surface area contributed by atoms with E-state index < -0.39 is 10.0 Å². The van der Waals surface area contributed by atoms with Gasteiger partial charge in [0.25, 0.3) is 0 Å². The van der Waals surface area contributed by atoms with E-state index in [1.54, 1.807) is 24.3 Å². The first-order valence-electron chi connectivity index (χ1n) is 7.51. The molecule has 6 heteroatoms. The van der Waals surface area contributed by atoms with E-state index in [1.807, 2.05) is 6.92 Å². The minimum Gasteiger partial charge on any atom is -0.399 e. The van der Waals surface area contributed by atoms with Gasteiger partial charge in [-0.05, 0) is 50.6 Å². The van der Waals surface area contributed by atoms with Crippen molar-refractivity contribution in [1.29, 1.82) is 0 Å². The van der Waals surface area contributed by atoms with Crippen LogP contribution in [0.1, 0.15) is 31.7 Å². The number of likely N-dealkylation sites (tertiary alicyclic amines) is 1. The zero-order valence-electron chi connectivity index (χ0n) is 12.6. The van der Waals surface area contributed by atoms with Gasteiger partial charge in [0.2, 0.25) is 10.0 Å². The number of rotatable bonds is 6. The molecule has 0 aliphatic carbocycles. The van der Waals surface area contributed by atoms with Gasteiger partial charge < -0.3 is 10.6 Å². The number of nitrogen functional groups attached to an aromatic ring is 1. The third kappa shape index (κ3) is 5.65. The highest BCUT2D eigenvalue weighted by atomic mass is 32.2. The Bertz CT molecular complexity index is 554. The van der Waals surface area contributed by atoms with Crippen molar-refractivity contribution in [3.8, 4) is 0 Å². The predicted molar refractivity (Wildman–Crippen MR) is 86.4 cm³/mol. The van der Waals surface area contributed by atoms with Crippen LogP contribution >= 0.6 is 0 Å². The first kappa shape index (κ1) is 16.3. The highest BCUT2D eigenvalue weighted by Gasteiger charge is 2.18. The second-order valence-electron chi connectivity index (χ2n) is 5.88. The lowest BCUT2D eigenvalue weighted by Crippen LogP contribution is -2.43. The van der Waals surface area contributed by atoms with Crippen LogP contribution in [0.3, 0.4) is 0 Å².